The Morgan fingerprint density at radius 2 is 1.94 bits per heavy atom. The van der Waals surface area contributed by atoms with E-state index in [9.17, 15) is 0 Å². The van der Waals surface area contributed by atoms with Crippen molar-refractivity contribution in [3.63, 3.8) is 0 Å². The largest absolute Gasteiger partial charge is 0.366 e. The quantitative estimate of drug-likeness (QED) is 0.874. The number of likely N-dealkylation sites (N-methyl/N-ethyl adjacent to an activating group) is 1. The van der Waals surface area contributed by atoms with Gasteiger partial charge in [0.05, 0.1) is 0 Å². The highest BCUT2D eigenvalue weighted by atomic mass is 15.2. The Morgan fingerprint density at radius 3 is 2.61 bits per heavy atom. The number of hydrogen-bond donors (Lipinski definition) is 1. The van der Waals surface area contributed by atoms with Crippen molar-refractivity contribution >= 4 is 11.6 Å². The third-order valence-corrected chi connectivity index (χ3v) is 3.59. The molecule has 0 amide bonds. The van der Waals surface area contributed by atoms with E-state index in [1.165, 1.54) is 19.3 Å². The molecule has 18 heavy (non-hydrogen) atoms. The second kappa shape index (κ2) is 5.52. The van der Waals surface area contributed by atoms with Gasteiger partial charge in [0.1, 0.15) is 18.0 Å². The molecule has 1 fully saturated rings. The van der Waals surface area contributed by atoms with Crippen molar-refractivity contribution < 1.29 is 0 Å². The van der Waals surface area contributed by atoms with Crippen LogP contribution < -0.4 is 10.2 Å². The van der Waals surface area contributed by atoms with E-state index in [0.717, 1.165) is 11.6 Å². The molecule has 100 valence electrons. The van der Waals surface area contributed by atoms with Gasteiger partial charge in [0.2, 0.25) is 0 Å². The third kappa shape index (κ3) is 2.90. The zero-order valence-electron chi connectivity index (χ0n) is 11.7. The van der Waals surface area contributed by atoms with Gasteiger partial charge in [-0.2, -0.15) is 0 Å². The Kier molecular flexibility index (Phi) is 4.01. The molecule has 1 heterocycles. The predicted molar refractivity (Wildman–Crippen MR) is 75.1 cm³/mol. The number of nitrogens with one attached hydrogen (secondary N) is 1. The van der Waals surface area contributed by atoms with Crippen LogP contribution in [0, 0.1) is 0 Å². The molecule has 1 N–H and O–H groups in total. The summed E-state index contributed by atoms with van der Waals surface area (Å²) in [5.74, 6) is 1.86. The summed E-state index contributed by atoms with van der Waals surface area (Å²) >= 11 is 0. The fraction of sp³-hybridized carbons (Fsp3) is 0.692. The Bertz CT molecular complexity index is 391. The SMILES string of the molecule is CN(C)c1cc(N[C@@H]2CCC[C@H]2N(C)C)ncn1. The zero-order valence-corrected chi connectivity index (χ0v) is 11.7. The molecule has 2 rings (SSSR count). The number of nitrogens with zero attached hydrogens (tertiary/aromatic N) is 4. The van der Waals surface area contributed by atoms with Crippen LogP contribution in [-0.4, -0.2) is 55.1 Å². The number of hydrogen-bond acceptors (Lipinski definition) is 5. The highest BCUT2D eigenvalue weighted by Gasteiger charge is 2.28. The molecule has 5 heteroatoms. The fourth-order valence-electron chi connectivity index (χ4n) is 2.59. The van der Waals surface area contributed by atoms with Gasteiger partial charge < -0.3 is 15.1 Å². The second-order valence-electron chi connectivity index (χ2n) is 5.37. The Labute approximate surface area is 109 Å². The van der Waals surface area contributed by atoms with Crippen LogP contribution in [0.2, 0.25) is 0 Å². The van der Waals surface area contributed by atoms with E-state index in [-0.39, 0.29) is 0 Å². The first-order valence-corrected chi connectivity index (χ1v) is 6.50. The Hall–Kier alpha value is -1.36. The molecular weight excluding hydrogens is 226 g/mol. The minimum absolute atomic E-state index is 0.491. The van der Waals surface area contributed by atoms with Crippen LogP contribution in [-0.2, 0) is 0 Å². The molecule has 1 aromatic heterocycles. The van der Waals surface area contributed by atoms with Crippen LogP contribution >= 0.6 is 0 Å². The van der Waals surface area contributed by atoms with Gasteiger partial charge in [0.25, 0.3) is 0 Å². The van der Waals surface area contributed by atoms with Crippen LogP contribution in [0.5, 0.6) is 0 Å². The van der Waals surface area contributed by atoms with Crippen LogP contribution in [0.3, 0.4) is 0 Å². The van der Waals surface area contributed by atoms with E-state index in [2.05, 4.69) is 34.3 Å². The van der Waals surface area contributed by atoms with E-state index in [1.54, 1.807) is 6.33 Å². The molecule has 0 radical (unpaired) electrons. The summed E-state index contributed by atoms with van der Waals surface area (Å²) < 4.78 is 0. The molecule has 2 atom stereocenters. The molecule has 0 unspecified atom stereocenters. The maximum absolute atomic E-state index is 4.31. The Balaban J connectivity index is 2.07. The average Bonchev–Trinajstić information content (AvgIpc) is 2.77. The molecular formula is C13H23N5. The molecule has 1 saturated carbocycles. The van der Waals surface area contributed by atoms with Gasteiger partial charge in [-0.3, -0.25) is 0 Å². The van der Waals surface area contributed by atoms with Crippen molar-refractivity contribution in [3.05, 3.63) is 12.4 Å². The van der Waals surface area contributed by atoms with Crippen LogP contribution in [0.15, 0.2) is 12.4 Å². The van der Waals surface area contributed by atoms with Crippen molar-refractivity contribution in [1.82, 2.24) is 14.9 Å². The van der Waals surface area contributed by atoms with Gasteiger partial charge in [0, 0.05) is 32.2 Å². The first kappa shape index (κ1) is 13.1. The third-order valence-electron chi connectivity index (χ3n) is 3.59. The van der Waals surface area contributed by atoms with Crippen LogP contribution in [0.4, 0.5) is 11.6 Å². The standard InChI is InChI=1S/C13H23N5/c1-17(2)11-7-5-6-10(11)16-12-8-13(18(3)4)15-9-14-12/h8-11H,5-7H2,1-4H3,(H,14,15,16)/t10-,11-/m1/s1. The summed E-state index contributed by atoms with van der Waals surface area (Å²) in [4.78, 5) is 12.8. The topological polar surface area (TPSA) is 44.3 Å². The van der Waals surface area contributed by atoms with E-state index in [4.69, 9.17) is 0 Å². The van der Waals surface area contributed by atoms with E-state index in [0.29, 0.717) is 12.1 Å². The monoisotopic (exact) mass is 249 g/mol. The normalized spacial score (nSPS) is 23.4. The molecule has 0 bridgehead atoms. The van der Waals surface area contributed by atoms with Gasteiger partial charge in [-0.25, -0.2) is 9.97 Å². The molecule has 1 aromatic rings. The van der Waals surface area contributed by atoms with E-state index in [1.807, 2.05) is 25.1 Å². The first-order valence-electron chi connectivity index (χ1n) is 6.50. The lowest BCUT2D eigenvalue weighted by atomic mass is 10.1. The van der Waals surface area contributed by atoms with Crippen molar-refractivity contribution in [3.8, 4) is 0 Å². The first-order chi connectivity index (χ1) is 8.58. The summed E-state index contributed by atoms with van der Waals surface area (Å²) in [5, 5.41) is 3.55. The molecule has 0 saturated heterocycles. The van der Waals surface area contributed by atoms with Crippen molar-refractivity contribution in [2.45, 2.75) is 31.3 Å². The highest BCUT2D eigenvalue weighted by molar-refractivity contribution is 5.48. The molecule has 1 aliphatic carbocycles. The molecule has 5 nitrogen and oxygen atoms in total. The van der Waals surface area contributed by atoms with Crippen molar-refractivity contribution in [1.29, 1.82) is 0 Å². The minimum Gasteiger partial charge on any atom is -0.366 e. The maximum Gasteiger partial charge on any atom is 0.133 e. The van der Waals surface area contributed by atoms with Gasteiger partial charge in [0.15, 0.2) is 0 Å². The van der Waals surface area contributed by atoms with E-state index >= 15 is 0 Å². The maximum atomic E-state index is 4.31. The van der Waals surface area contributed by atoms with Gasteiger partial charge in [-0.15, -0.1) is 0 Å². The fourth-order valence-corrected chi connectivity index (χ4v) is 2.59. The van der Waals surface area contributed by atoms with Crippen molar-refractivity contribution in [2.75, 3.05) is 38.4 Å². The minimum atomic E-state index is 0.491. The van der Waals surface area contributed by atoms with Gasteiger partial charge in [-0.05, 0) is 33.4 Å². The number of aromatic nitrogens is 2. The summed E-state index contributed by atoms with van der Waals surface area (Å²) in [6, 6.07) is 3.10. The zero-order chi connectivity index (χ0) is 13.1. The molecule has 0 aromatic carbocycles. The van der Waals surface area contributed by atoms with Crippen LogP contribution in [0.1, 0.15) is 19.3 Å². The molecule has 0 spiro atoms. The lowest BCUT2D eigenvalue weighted by Crippen LogP contribution is -2.39. The van der Waals surface area contributed by atoms with E-state index < -0.39 is 0 Å². The average molecular weight is 249 g/mol. The summed E-state index contributed by atoms with van der Waals surface area (Å²) in [6.45, 7) is 0. The lowest BCUT2D eigenvalue weighted by molar-refractivity contribution is 0.285. The van der Waals surface area contributed by atoms with Crippen LogP contribution in [0.25, 0.3) is 0 Å². The number of rotatable bonds is 4. The molecule has 1 aliphatic rings. The number of anilines is 2. The van der Waals surface area contributed by atoms with Crippen molar-refractivity contribution in [2.24, 2.45) is 0 Å². The lowest BCUT2D eigenvalue weighted by Gasteiger charge is -2.27. The van der Waals surface area contributed by atoms with Gasteiger partial charge in [-0.1, -0.05) is 0 Å². The Morgan fingerprint density at radius 1 is 1.17 bits per heavy atom. The predicted octanol–water partition coefficient (Wildman–Crippen LogP) is 1.44. The highest BCUT2D eigenvalue weighted by Crippen LogP contribution is 2.25. The summed E-state index contributed by atoms with van der Waals surface area (Å²) in [6.07, 6.45) is 5.38. The second-order valence-corrected chi connectivity index (χ2v) is 5.37. The summed E-state index contributed by atoms with van der Waals surface area (Å²) in [7, 11) is 8.28. The molecule has 0 aliphatic heterocycles. The summed E-state index contributed by atoms with van der Waals surface area (Å²) in [5.41, 5.74) is 0. The van der Waals surface area contributed by atoms with Gasteiger partial charge >= 0.3 is 0 Å². The smallest absolute Gasteiger partial charge is 0.133 e.